The predicted molar refractivity (Wildman–Crippen MR) is 146 cm³/mol. The number of ether oxygens (including phenoxy) is 1. The van der Waals surface area contributed by atoms with Crippen molar-refractivity contribution in [1.29, 1.82) is 0 Å². The number of amides is 1. The van der Waals surface area contributed by atoms with Gasteiger partial charge >= 0.3 is 6.09 Å². The first-order chi connectivity index (χ1) is 17.9. The highest BCUT2D eigenvalue weighted by Crippen LogP contribution is 2.45. The summed E-state index contributed by atoms with van der Waals surface area (Å²) in [5.41, 5.74) is 9.11. The molecule has 2 aliphatic heterocycles. The molecule has 0 radical (unpaired) electrons. The second kappa shape index (κ2) is 9.48. The summed E-state index contributed by atoms with van der Waals surface area (Å²) in [5.74, 6) is 0.273. The van der Waals surface area contributed by atoms with Crippen LogP contribution in [-0.2, 0) is 4.74 Å². The Morgan fingerprint density at radius 2 is 1.38 bits per heavy atom. The molecule has 2 fully saturated rings. The number of Topliss-reactive ketones (excluding diaryl/α,β-unsaturated/α-hetero) is 1. The number of hydrogen-bond donors (Lipinski definition) is 0. The maximum atomic E-state index is 13.7. The fourth-order valence-corrected chi connectivity index (χ4v) is 7.33. The van der Waals surface area contributed by atoms with Gasteiger partial charge in [0.15, 0.2) is 5.78 Å². The van der Waals surface area contributed by atoms with Gasteiger partial charge in [-0.15, -0.1) is 0 Å². The van der Waals surface area contributed by atoms with Crippen molar-refractivity contribution < 1.29 is 14.3 Å². The lowest BCUT2D eigenvalue weighted by Crippen LogP contribution is -2.56. The van der Waals surface area contributed by atoms with Crippen LogP contribution >= 0.6 is 0 Å². The third-order valence-electron chi connectivity index (χ3n) is 8.82. The molecule has 4 nitrogen and oxygen atoms in total. The number of benzene rings is 3. The third kappa shape index (κ3) is 4.17. The lowest BCUT2D eigenvalue weighted by molar-refractivity contribution is 0.00647. The lowest BCUT2D eigenvalue weighted by Gasteiger charge is -2.47. The zero-order valence-corrected chi connectivity index (χ0v) is 22.0. The van der Waals surface area contributed by atoms with E-state index in [0.717, 1.165) is 48.8 Å². The van der Waals surface area contributed by atoms with Gasteiger partial charge in [0, 0.05) is 29.5 Å². The molecule has 2 atom stereocenters. The zero-order chi connectivity index (χ0) is 25.7. The maximum absolute atomic E-state index is 13.7. The summed E-state index contributed by atoms with van der Waals surface area (Å²) in [6, 6.07) is 21.2. The van der Waals surface area contributed by atoms with E-state index in [0.29, 0.717) is 6.61 Å². The quantitative estimate of drug-likeness (QED) is 0.356. The van der Waals surface area contributed by atoms with Gasteiger partial charge in [0.25, 0.3) is 0 Å². The molecular formula is C33H35NO3. The summed E-state index contributed by atoms with van der Waals surface area (Å²) < 4.78 is 6.05. The third-order valence-corrected chi connectivity index (χ3v) is 8.82. The molecule has 3 aromatic rings. The van der Waals surface area contributed by atoms with Crippen LogP contribution in [0.15, 0.2) is 60.7 Å². The first kappa shape index (κ1) is 24.0. The smallest absolute Gasteiger partial charge is 0.410 e. The van der Waals surface area contributed by atoms with E-state index in [4.69, 9.17) is 4.74 Å². The second-order valence-electron chi connectivity index (χ2n) is 11.3. The molecule has 1 aliphatic carbocycles. The molecule has 6 rings (SSSR count). The van der Waals surface area contributed by atoms with Crippen molar-refractivity contribution in [3.05, 3.63) is 94.0 Å². The number of aryl methyl sites for hydroxylation is 3. The highest BCUT2D eigenvalue weighted by atomic mass is 16.6. The second-order valence-corrected chi connectivity index (χ2v) is 11.3. The van der Waals surface area contributed by atoms with Crippen LogP contribution in [0, 0.1) is 26.7 Å². The first-order valence-corrected chi connectivity index (χ1v) is 13.7. The van der Waals surface area contributed by atoms with Crippen molar-refractivity contribution in [2.45, 2.75) is 70.9 Å². The standard InChI is InChI=1S/C33H35NO3/c1-20-15-21(2)31(22(3)16-20)32(35)23-17-24-9-8-10-25(18-23)34(24)33(36)37-19-30-28-13-6-4-11-26(28)27-12-5-7-14-29(27)30/h4-7,11-16,23-25,30H,8-10,17-19H2,1-3H3. The summed E-state index contributed by atoms with van der Waals surface area (Å²) >= 11 is 0. The zero-order valence-electron chi connectivity index (χ0n) is 22.0. The molecule has 4 heteroatoms. The maximum Gasteiger partial charge on any atom is 0.410 e. The van der Waals surface area contributed by atoms with Gasteiger partial charge in [-0.1, -0.05) is 66.2 Å². The lowest BCUT2D eigenvalue weighted by atomic mass is 9.75. The minimum absolute atomic E-state index is 0.0342. The normalized spacial score (nSPS) is 22.4. The van der Waals surface area contributed by atoms with Gasteiger partial charge in [0.05, 0.1) is 0 Å². The van der Waals surface area contributed by atoms with E-state index in [1.807, 2.05) is 18.7 Å². The van der Waals surface area contributed by atoms with Crippen LogP contribution in [0.1, 0.15) is 76.2 Å². The number of carbonyl (C=O) groups is 2. The number of fused-ring (bicyclic) bond motifs is 5. The number of carbonyl (C=O) groups excluding carboxylic acids is 2. The van der Waals surface area contributed by atoms with Crippen LogP contribution in [-0.4, -0.2) is 35.5 Å². The number of ketones is 1. The van der Waals surface area contributed by atoms with Crippen molar-refractivity contribution in [2.75, 3.05) is 6.61 Å². The van der Waals surface area contributed by atoms with Gasteiger partial charge < -0.3 is 9.64 Å². The van der Waals surface area contributed by atoms with Crippen molar-refractivity contribution in [2.24, 2.45) is 5.92 Å². The van der Waals surface area contributed by atoms with Crippen LogP contribution in [0.3, 0.4) is 0 Å². The van der Waals surface area contributed by atoms with Gasteiger partial charge in [0.1, 0.15) is 6.61 Å². The van der Waals surface area contributed by atoms with Crippen molar-refractivity contribution in [3.63, 3.8) is 0 Å². The summed E-state index contributed by atoms with van der Waals surface area (Å²) in [6.45, 7) is 6.50. The van der Waals surface area contributed by atoms with E-state index in [-0.39, 0.29) is 35.8 Å². The van der Waals surface area contributed by atoms with Crippen molar-refractivity contribution >= 4 is 11.9 Å². The molecule has 2 bridgehead atoms. The molecule has 37 heavy (non-hydrogen) atoms. The fourth-order valence-electron chi connectivity index (χ4n) is 7.33. The molecule has 2 saturated heterocycles. The van der Waals surface area contributed by atoms with Gasteiger partial charge in [-0.05, 0) is 86.3 Å². The van der Waals surface area contributed by atoms with Crippen molar-refractivity contribution in [1.82, 2.24) is 4.90 Å². The average Bonchev–Trinajstić information content (AvgIpc) is 3.19. The van der Waals surface area contributed by atoms with Gasteiger partial charge in [-0.3, -0.25) is 4.79 Å². The van der Waals surface area contributed by atoms with E-state index in [1.54, 1.807) is 0 Å². The van der Waals surface area contributed by atoms with E-state index in [2.05, 4.69) is 67.6 Å². The number of hydrogen-bond acceptors (Lipinski definition) is 3. The summed E-state index contributed by atoms with van der Waals surface area (Å²) in [5, 5.41) is 0. The summed E-state index contributed by atoms with van der Waals surface area (Å²) in [6.07, 6.45) is 4.22. The first-order valence-electron chi connectivity index (χ1n) is 13.7. The van der Waals surface area contributed by atoms with Crippen LogP contribution in [0.2, 0.25) is 0 Å². The molecule has 190 valence electrons. The number of rotatable bonds is 4. The Hall–Kier alpha value is -3.40. The number of nitrogens with zero attached hydrogens (tertiary/aromatic N) is 1. The Balaban J connectivity index is 1.18. The summed E-state index contributed by atoms with van der Waals surface area (Å²) in [4.78, 5) is 29.1. The molecule has 2 unspecified atom stereocenters. The minimum Gasteiger partial charge on any atom is -0.448 e. The Bertz CT molecular complexity index is 1290. The van der Waals surface area contributed by atoms with Crippen LogP contribution in [0.5, 0.6) is 0 Å². The Morgan fingerprint density at radius 3 is 1.95 bits per heavy atom. The highest BCUT2D eigenvalue weighted by molar-refractivity contribution is 6.00. The Kier molecular flexibility index (Phi) is 6.14. The largest absolute Gasteiger partial charge is 0.448 e. The molecule has 0 aromatic heterocycles. The number of piperidine rings is 2. The predicted octanol–water partition coefficient (Wildman–Crippen LogP) is 7.38. The SMILES string of the molecule is Cc1cc(C)c(C(=O)C2CC3CCCC(C2)N3C(=O)OCC2c3ccccc3-c3ccccc32)c(C)c1. The van der Waals surface area contributed by atoms with Gasteiger partial charge in [-0.25, -0.2) is 4.79 Å². The van der Waals surface area contributed by atoms with E-state index in [1.165, 1.54) is 27.8 Å². The molecular weight excluding hydrogens is 458 g/mol. The van der Waals surface area contributed by atoms with Crippen LogP contribution in [0.25, 0.3) is 11.1 Å². The molecule has 0 spiro atoms. The molecule has 0 N–H and O–H groups in total. The monoisotopic (exact) mass is 493 g/mol. The molecule has 3 aliphatic rings. The van der Waals surface area contributed by atoms with Crippen LogP contribution in [0.4, 0.5) is 4.79 Å². The average molecular weight is 494 g/mol. The molecule has 0 saturated carbocycles. The molecule has 2 heterocycles. The van der Waals surface area contributed by atoms with E-state index >= 15 is 0 Å². The van der Waals surface area contributed by atoms with Crippen molar-refractivity contribution in [3.8, 4) is 11.1 Å². The fraction of sp³-hybridized carbons (Fsp3) is 0.394. The highest BCUT2D eigenvalue weighted by Gasteiger charge is 2.44. The minimum atomic E-state index is -0.217. The molecule has 3 aromatic carbocycles. The van der Waals surface area contributed by atoms with E-state index < -0.39 is 0 Å². The van der Waals surface area contributed by atoms with Crippen LogP contribution < -0.4 is 0 Å². The topological polar surface area (TPSA) is 46.6 Å². The van der Waals surface area contributed by atoms with Gasteiger partial charge in [-0.2, -0.15) is 0 Å². The molecule has 1 amide bonds. The van der Waals surface area contributed by atoms with E-state index in [9.17, 15) is 9.59 Å². The summed E-state index contributed by atoms with van der Waals surface area (Å²) in [7, 11) is 0. The Labute approximate surface area is 219 Å². The van der Waals surface area contributed by atoms with Gasteiger partial charge in [0.2, 0.25) is 0 Å². The Morgan fingerprint density at radius 1 is 0.838 bits per heavy atom.